The van der Waals surface area contributed by atoms with Crippen molar-refractivity contribution >= 4 is 46.1 Å². The number of nitrogens with zero attached hydrogens (tertiary/aromatic N) is 1. The second-order valence-electron chi connectivity index (χ2n) is 8.21. The molecule has 4 rings (SSSR count). The van der Waals surface area contributed by atoms with Crippen molar-refractivity contribution in [2.24, 2.45) is 5.10 Å². The Hall–Kier alpha value is -4.63. The molecule has 0 fully saturated rings. The van der Waals surface area contributed by atoms with Crippen molar-refractivity contribution in [2.75, 3.05) is 25.6 Å². The molecular weight excluding hydrogens is 525 g/mol. The highest BCUT2D eigenvalue weighted by atomic mass is 35.5. The number of hydrazone groups is 1. The van der Waals surface area contributed by atoms with Gasteiger partial charge in [-0.05, 0) is 71.8 Å². The number of halogens is 2. The van der Waals surface area contributed by atoms with Crippen molar-refractivity contribution in [3.63, 3.8) is 0 Å². The Balaban J connectivity index is 1.44. The van der Waals surface area contributed by atoms with Gasteiger partial charge in [-0.1, -0.05) is 35.9 Å². The third-order valence-corrected chi connectivity index (χ3v) is 5.78. The Morgan fingerprint density at radius 1 is 0.974 bits per heavy atom. The van der Waals surface area contributed by atoms with E-state index < -0.39 is 17.6 Å². The standard InChI is InChI=1S/C29H25ClFN3O5/c1-3-38-26-13-18(12-24(30)28(26)39-17-27(35)33-22-10-8-21(31)9-11-22)16-32-34-29(36)23-14-19-6-4-5-7-20(19)15-25(23)37-2/h4-16H,3,17H2,1-2H3,(H,33,35)(H,34,36)/b32-16-. The van der Waals surface area contributed by atoms with Gasteiger partial charge in [0.1, 0.15) is 11.6 Å². The molecule has 4 aromatic rings. The first-order chi connectivity index (χ1) is 18.9. The van der Waals surface area contributed by atoms with Gasteiger partial charge in [-0.3, -0.25) is 9.59 Å². The van der Waals surface area contributed by atoms with E-state index in [1.54, 1.807) is 31.2 Å². The summed E-state index contributed by atoms with van der Waals surface area (Å²) in [6, 6.07) is 19.7. The Bertz CT molecular complexity index is 1530. The van der Waals surface area contributed by atoms with Crippen molar-refractivity contribution in [3.8, 4) is 17.2 Å². The van der Waals surface area contributed by atoms with Crippen molar-refractivity contribution in [2.45, 2.75) is 6.92 Å². The fourth-order valence-electron chi connectivity index (χ4n) is 3.72. The number of fused-ring (bicyclic) bond motifs is 1. The largest absolute Gasteiger partial charge is 0.496 e. The molecule has 2 amide bonds. The number of anilines is 1. The molecule has 0 atom stereocenters. The summed E-state index contributed by atoms with van der Waals surface area (Å²) < 4.78 is 29.7. The number of carbonyl (C=O) groups is 2. The molecule has 2 N–H and O–H groups in total. The van der Waals surface area contributed by atoms with E-state index in [9.17, 15) is 14.0 Å². The Morgan fingerprint density at radius 3 is 2.38 bits per heavy atom. The van der Waals surface area contributed by atoms with Gasteiger partial charge in [0.2, 0.25) is 0 Å². The first-order valence-corrected chi connectivity index (χ1v) is 12.3. The SMILES string of the molecule is CCOc1cc(/C=N\NC(=O)c2cc3ccccc3cc2OC)cc(Cl)c1OCC(=O)Nc1ccc(F)cc1. The van der Waals surface area contributed by atoms with Crippen LogP contribution in [0.25, 0.3) is 10.8 Å². The van der Waals surface area contributed by atoms with E-state index in [-0.39, 0.29) is 17.4 Å². The molecule has 0 aromatic heterocycles. The highest BCUT2D eigenvalue weighted by molar-refractivity contribution is 6.32. The van der Waals surface area contributed by atoms with Crippen LogP contribution in [0, 0.1) is 5.82 Å². The van der Waals surface area contributed by atoms with E-state index in [1.807, 2.05) is 24.3 Å². The minimum atomic E-state index is -0.461. The molecule has 0 spiro atoms. The van der Waals surface area contributed by atoms with Crippen LogP contribution in [0.1, 0.15) is 22.8 Å². The highest BCUT2D eigenvalue weighted by Gasteiger charge is 2.16. The zero-order valence-corrected chi connectivity index (χ0v) is 21.9. The van der Waals surface area contributed by atoms with E-state index >= 15 is 0 Å². The summed E-state index contributed by atoms with van der Waals surface area (Å²) in [5, 5.41) is 8.67. The fraction of sp³-hybridized carbons (Fsp3) is 0.138. The summed E-state index contributed by atoms with van der Waals surface area (Å²) in [7, 11) is 1.50. The van der Waals surface area contributed by atoms with Crippen molar-refractivity contribution < 1.29 is 28.2 Å². The van der Waals surface area contributed by atoms with Gasteiger partial charge in [0.15, 0.2) is 18.1 Å². The normalized spacial score (nSPS) is 10.9. The van der Waals surface area contributed by atoms with Gasteiger partial charge in [0, 0.05) is 5.69 Å². The predicted molar refractivity (Wildman–Crippen MR) is 149 cm³/mol. The number of carbonyl (C=O) groups excluding carboxylic acids is 2. The minimum absolute atomic E-state index is 0.176. The second kappa shape index (κ2) is 12.7. The maximum Gasteiger partial charge on any atom is 0.275 e. The molecule has 0 bridgehead atoms. The van der Waals surface area contributed by atoms with E-state index in [2.05, 4.69) is 15.8 Å². The first kappa shape index (κ1) is 27.4. The van der Waals surface area contributed by atoms with Gasteiger partial charge in [0.05, 0.1) is 30.5 Å². The minimum Gasteiger partial charge on any atom is -0.496 e. The molecule has 10 heteroatoms. The van der Waals surface area contributed by atoms with E-state index in [0.29, 0.717) is 34.9 Å². The lowest BCUT2D eigenvalue weighted by atomic mass is 10.1. The number of benzene rings is 4. The van der Waals surface area contributed by atoms with Crippen LogP contribution in [-0.2, 0) is 4.79 Å². The van der Waals surface area contributed by atoms with Gasteiger partial charge in [-0.25, -0.2) is 9.82 Å². The molecule has 4 aromatic carbocycles. The monoisotopic (exact) mass is 549 g/mol. The average molecular weight is 550 g/mol. The fourth-order valence-corrected chi connectivity index (χ4v) is 4.00. The van der Waals surface area contributed by atoms with Crippen LogP contribution in [0.15, 0.2) is 77.9 Å². The summed E-state index contributed by atoms with van der Waals surface area (Å²) in [6.07, 6.45) is 1.41. The molecule has 0 aliphatic heterocycles. The van der Waals surface area contributed by atoms with Crippen LogP contribution >= 0.6 is 11.6 Å². The van der Waals surface area contributed by atoms with Crippen LogP contribution in [0.4, 0.5) is 10.1 Å². The third kappa shape index (κ3) is 7.03. The smallest absolute Gasteiger partial charge is 0.275 e. The van der Waals surface area contributed by atoms with E-state index in [1.165, 1.54) is 37.6 Å². The van der Waals surface area contributed by atoms with E-state index in [4.69, 9.17) is 25.8 Å². The molecule has 0 saturated heterocycles. The number of amides is 2. The molecule has 0 heterocycles. The second-order valence-corrected chi connectivity index (χ2v) is 8.61. The summed E-state index contributed by atoms with van der Waals surface area (Å²) in [5.41, 5.74) is 3.79. The van der Waals surface area contributed by atoms with Crippen molar-refractivity contribution in [3.05, 3.63) is 94.8 Å². The van der Waals surface area contributed by atoms with Crippen LogP contribution < -0.4 is 25.0 Å². The van der Waals surface area contributed by atoms with Crippen LogP contribution in [0.5, 0.6) is 17.2 Å². The summed E-state index contributed by atoms with van der Waals surface area (Å²) in [4.78, 5) is 25.1. The molecule has 0 radical (unpaired) electrons. The lowest BCUT2D eigenvalue weighted by molar-refractivity contribution is -0.118. The topological polar surface area (TPSA) is 98.2 Å². The van der Waals surface area contributed by atoms with Gasteiger partial charge in [0.25, 0.3) is 11.8 Å². The Kier molecular flexibility index (Phi) is 8.96. The predicted octanol–water partition coefficient (Wildman–Crippen LogP) is 5.82. The van der Waals surface area contributed by atoms with Gasteiger partial charge in [-0.2, -0.15) is 5.10 Å². The van der Waals surface area contributed by atoms with Crippen LogP contribution in [0.2, 0.25) is 5.02 Å². The zero-order chi connectivity index (χ0) is 27.8. The molecular formula is C29H25ClFN3O5. The maximum atomic E-state index is 13.1. The summed E-state index contributed by atoms with van der Waals surface area (Å²) in [6.45, 7) is 1.75. The van der Waals surface area contributed by atoms with Gasteiger partial charge < -0.3 is 19.5 Å². The molecule has 0 aliphatic rings. The number of ether oxygens (including phenoxy) is 3. The number of nitrogens with one attached hydrogen (secondary N) is 2. The average Bonchev–Trinajstić information content (AvgIpc) is 2.93. The number of rotatable bonds is 10. The third-order valence-electron chi connectivity index (χ3n) is 5.50. The molecule has 0 saturated carbocycles. The van der Waals surface area contributed by atoms with Gasteiger partial charge >= 0.3 is 0 Å². The number of hydrogen-bond acceptors (Lipinski definition) is 6. The Labute approximate surface area is 229 Å². The molecule has 200 valence electrons. The Morgan fingerprint density at radius 2 is 1.69 bits per heavy atom. The van der Waals surface area contributed by atoms with Gasteiger partial charge in [-0.15, -0.1) is 0 Å². The summed E-state index contributed by atoms with van der Waals surface area (Å²) in [5.74, 6) is -0.421. The zero-order valence-electron chi connectivity index (χ0n) is 21.2. The highest BCUT2D eigenvalue weighted by Crippen LogP contribution is 2.36. The van der Waals surface area contributed by atoms with Crippen LogP contribution in [0.3, 0.4) is 0 Å². The molecule has 0 unspecified atom stereocenters. The number of methoxy groups -OCH3 is 1. The van der Waals surface area contributed by atoms with E-state index in [0.717, 1.165) is 10.8 Å². The maximum absolute atomic E-state index is 13.1. The molecule has 39 heavy (non-hydrogen) atoms. The van der Waals surface area contributed by atoms with Crippen molar-refractivity contribution in [1.82, 2.24) is 5.43 Å². The molecule has 8 nitrogen and oxygen atoms in total. The number of hydrogen-bond donors (Lipinski definition) is 2. The quantitative estimate of drug-likeness (QED) is 0.192. The summed E-state index contributed by atoms with van der Waals surface area (Å²) >= 11 is 6.42. The first-order valence-electron chi connectivity index (χ1n) is 11.9. The van der Waals surface area contributed by atoms with Crippen LogP contribution in [-0.4, -0.2) is 38.4 Å². The molecule has 0 aliphatic carbocycles. The lowest BCUT2D eigenvalue weighted by Crippen LogP contribution is -2.20. The van der Waals surface area contributed by atoms with Crippen molar-refractivity contribution in [1.29, 1.82) is 0 Å². The lowest BCUT2D eigenvalue weighted by Gasteiger charge is -2.14.